The number of amides is 1. The molecule has 11 heteroatoms. The molecule has 4 saturated carbocycles. The minimum absolute atomic E-state index is 0.227. The van der Waals surface area contributed by atoms with E-state index in [2.05, 4.69) is 39.4 Å². The highest BCUT2D eigenvalue weighted by Gasteiger charge is 2.56. The Morgan fingerprint density at radius 1 is 0.884 bits per heavy atom. The van der Waals surface area contributed by atoms with Crippen LogP contribution in [0.3, 0.4) is 0 Å². The van der Waals surface area contributed by atoms with Crippen LogP contribution in [-0.2, 0) is 14.9 Å². The number of carbonyl (C=O) groups is 1. The Labute approximate surface area is 254 Å². The minimum Gasteiger partial charge on any atom is -0.393 e. The van der Waals surface area contributed by atoms with Gasteiger partial charge < -0.3 is 25.1 Å². The molecule has 0 aromatic heterocycles. The molecule has 2 aromatic rings. The molecule has 4 bridgehead atoms. The number of aliphatic hydroxyl groups is 1. The van der Waals surface area contributed by atoms with Gasteiger partial charge in [-0.05, 0) is 100 Å². The zero-order valence-electron chi connectivity index (χ0n) is 25.1. The Hall–Kier alpha value is -3.02. The number of anilines is 4. The molecule has 6 aliphatic rings. The number of rotatable bonds is 6. The highest BCUT2D eigenvalue weighted by Crippen LogP contribution is 2.55. The molecule has 2 aromatic carbocycles. The van der Waals surface area contributed by atoms with Gasteiger partial charge in [0.25, 0.3) is 0 Å². The predicted molar refractivity (Wildman–Crippen MR) is 167 cm³/mol. The summed E-state index contributed by atoms with van der Waals surface area (Å²) in [6.07, 6.45) is 4.17. The highest BCUT2D eigenvalue weighted by atomic mass is 32.2. The maximum Gasteiger partial charge on any atom is 0.432 e. The zero-order valence-corrected chi connectivity index (χ0v) is 25.9. The van der Waals surface area contributed by atoms with Crippen LogP contribution in [0.1, 0.15) is 46.0 Å². The normalized spacial score (nSPS) is 30.5. The van der Waals surface area contributed by atoms with Crippen LogP contribution < -0.4 is 20.2 Å². The third-order valence-corrected chi connectivity index (χ3v) is 12.7. The van der Waals surface area contributed by atoms with Crippen molar-refractivity contribution in [1.82, 2.24) is 9.62 Å². The number of fused-ring (bicyclic) bond motifs is 1. The van der Waals surface area contributed by atoms with Crippen LogP contribution in [0.2, 0.25) is 0 Å². The van der Waals surface area contributed by atoms with Crippen LogP contribution in [0.5, 0.6) is 0 Å². The van der Waals surface area contributed by atoms with Crippen LogP contribution in [0.4, 0.5) is 27.5 Å². The van der Waals surface area contributed by atoms with Crippen LogP contribution in [0.25, 0.3) is 0 Å². The number of sulfonamides is 1. The van der Waals surface area contributed by atoms with Crippen LogP contribution in [-0.4, -0.2) is 80.1 Å². The lowest BCUT2D eigenvalue weighted by Gasteiger charge is -2.58. The van der Waals surface area contributed by atoms with Crippen molar-refractivity contribution in [2.24, 2.45) is 17.8 Å². The first-order valence-electron chi connectivity index (χ1n) is 15.8. The van der Waals surface area contributed by atoms with Gasteiger partial charge in [0.2, 0.25) is 10.0 Å². The number of nitrogens with one attached hydrogen (secondary N) is 1. The number of nitrogens with zero attached hydrogens (tertiary/aromatic N) is 4. The van der Waals surface area contributed by atoms with Crippen LogP contribution in [0, 0.1) is 17.8 Å². The van der Waals surface area contributed by atoms with Gasteiger partial charge in [0.1, 0.15) is 0 Å². The Kier molecular flexibility index (Phi) is 7.25. The standard InChI is InChI=1S/C32H43N5O5S/c1-22(2)43(40,41)35-13-11-34(12-14-35)26-7-9-27(10-8-26)36-15-16-37(29-6-4-3-5-28(29)36)42-31(39)33-32-19-23-17-24(20-32)30(38)25(18-23)21-32/h3-10,22-25,30,38H,11-21H2,1-2H3,(H,33,39)/t23?,24-,25?,30?,32?/m0/s1. The molecule has 2 aliphatic heterocycles. The first-order valence-corrected chi connectivity index (χ1v) is 17.3. The topological polar surface area (TPSA) is 106 Å². The number of hydrogen-bond donors (Lipinski definition) is 2. The summed E-state index contributed by atoms with van der Waals surface area (Å²) in [6, 6.07) is 16.4. The molecule has 0 radical (unpaired) electrons. The van der Waals surface area contributed by atoms with Gasteiger partial charge in [0.05, 0.1) is 29.3 Å². The maximum absolute atomic E-state index is 13.2. The van der Waals surface area contributed by atoms with Crippen molar-refractivity contribution >= 4 is 38.9 Å². The van der Waals surface area contributed by atoms with Crippen molar-refractivity contribution in [3.8, 4) is 0 Å². The molecule has 4 unspecified atom stereocenters. The molecular weight excluding hydrogens is 566 g/mol. The van der Waals surface area contributed by atoms with E-state index in [0.29, 0.717) is 45.2 Å². The van der Waals surface area contributed by atoms with Crippen LogP contribution in [0.15, 0.2) is 48.5 Å². The van der Waals surface area contributed by atoms with E-state index >= 15 is 0 Å². The van der Waals surface area contributed by atoms with Gasteiger partial charge in [-0.25, -0.2) is 18.3 Å². The number of aliphatic hydroxyl groups excluding tert-OH is 1. The van der Waals surface area contributed by atoms with Crippen molar-refractivity contribution in [2.75, 3.05) is 54.1 Å². The second-order valence-corrected chi connectivity index (χ2v) is 16.0. The molecule has 5 fully saturated rings. The molecule has 0 spiro atoms. The average Bonchev–Trinajstić information content (AvgIpc) is 2.99. The fourth-order valence-electron chi connectivity index (χ4n) is 8.53. The van der Waals surface area contributed by atoms with E-state index in [1.54, 1.807) is 23.2 Å². The summed E-state index contributed by atoms with van der Waals surface area (Å²) in [5.74, 6) is 1.16. The number of benzene rings is 2. The van der Waals surface area contributed by atoms with Crippen LogP contribution >= 0.6 is 0 Å². The Morgan fingerprint density at radius 3 is 2.16 bits per heavy atom. The van der Waals surface area contributed by atoms with Crippen molar-refractivity contribution in [1.29, 1.82) is 0 Å². The number of hydroxylamine groups is 1. The molecule has 2 heterocycles. The maximum atomic E-state index is 13.2. The molecule has 1 saturated heterocycles. The molecular formula is C32H43N5O5S. The van der Waals surface area contributed by atoms with Gasteiger partial charge in [-0.15, -0.1) is 0 Å². The highest BCUT2D eigenvalue weighted by molar-refractivity contribution is 7.89. The largest absolute Gasteiger partial charge is 0.432 e. The molecule has 8 rings (SSSR count). The smallest absolute Gasteiger partial charge is 0.393 e. The molecule has 232 valence electrons. The molecule has 1 amide bonds. The Balaban J connectivity index is 1.00. The van der Waals surface area contributed by atoms with E-state index in [1.807, 2.05) is 24.3 Å². The third kappa shape index (κ3) is 5.23. The van der Waals surface area contributed by atoms with Gasteiger partial charge in [-0.2, -0.15) is 4.31 Å². The van der Waals surface area contributed by atoms with Crippen molar-refractivity contribution in [3.05, 3.63) is 48.5 Å². The minimum atomic E-state index is -3.23. The lowest BCUT2D eigenvalue weighted by atomic mass is 9.52. The van der Waals surface area contributed by atoms with E-state index in [-0.39, 0.29) is 23.5 Å². The second-order valence-electron chi connectivity index (χ2n) is 13.5. The number of piperazine rings is 1. The van der Waals surface area contributed by atoms with Gasteiger partial charge >= 0.3 is 6.09 Å². The predicted octanol–water partition coefficient (Wildman–Crippen LogP) is 4.09. The first-order chi connectivity index (χ1) is 20.6. The molecule has 10 nitrogen and oxygen atoms in total. The summed E-state index contributed by atoms with van der Waals surface area (Å²) in [4.78, 5) is 23.7. The Bertz CT molecular complexity index is 1440. The fourth-order valence-corrected chi connectivity index (χ4v) is 9.80. The van der Waals surface area contributed by atoms with Gasteiger partial charge in [-0.3, -0.25) is 0 Å². The first kappa shape index (κ1) is 28.7. The van der Waals surface area contributed by atoms with Crippen molar-refractivity contribution in [2.45, 2.75) is 62.8 Å². The SMILES string of the molecule is CC(C)S(=O)(=O)N1CCN(c2ccc(N3CCN(OC(=O)NC45CC6CC(C4)C(O)[C@@H](C6)C5)c4ccccc43)cc2)CC1. The summed E-state index contributed by atoms with van der Waals surface area (Å²) >= 11 is 0. The monoisotopic (exact) mass is 609 g/mol. The lowest BCUT2D eigenvalue weighted by Crippen LogP contribution is -2.64. The van der Waals surface area contributed by atoms with Gasteiger partial charge in [0, 0.05) is 49.6 Å². The number of hydrogen-bond acceptors (Lipinski definition) is 8. The van der Waals surface area contributed by atoms with Gasteiger partial charge in [0.15, 0.2) is 0 Å². The lowest BCUT2D eigenvalue weighted by molar-refractivity contribution is -0.110. The second kappa shape index (κ2) is 10.9. The van der Waals surface area contributed by atoms with E-state index in [4.69, 9.17) is 4.84 Å². The van der Waals surface area contributed by atoms with E-state index in [1.165, 1.54) is 0 Å². The van der Waals surface area contributed by atoms with Gasteiger partial charge in [-0.1, -0.05) is 12.1 Å². The number of carbonyl (C=O) groups excluding carboxylic acids is 1. The average molecular weight is 610 g/mol. The summed E-state index contributed by atoms with van der Waals surface area (Å²) < 4.78 is 26.7. The van der Waals surface area contributed by atoms with Crippen molar-refractivity contribution in [3.63, 3.8) is 0 Å². The van der Waals surface area contributed by atoms with E-state index in [9.17, 15) is 18.3 Å². The van der Waals surface area contributed by atoms with Crippen molar-refractivity contribution < 1.29 is 23.2 Å². The summed E-state index contributed by atoms with van der Waals surface area (Å²) in [6.45, 7) is 6.96. The van der Waals surface area contributed by atoms with E-state index in [0.717, 1.165) is 54.9 Å². The quantitative estimate of drug-likeness (QED) is 0.505. The molecule has 43 heavy (non-hydrogen) atoms. The molecule has 5 atom stereocenters. The Morgan fingerprint density at radius 2 is 1.51 bits per heavy atom. The van der Waals surface area contributed by atoms with E-state index < -0.39 is 21.4 Å². The fraction of sp³-hybridized carbons (Fsp3) is 0.594. The number of para-hydroxylation sites is 2. The molecule has 2 N–H and O–H groups in total. The molecule has 4 aliphatic carbocycles. The zero-order chi connectivity index (χ0) is 29.9. The third-order valence-electron chi connectivity index (χ3n) is 10.5. The summed E-state index contributed by atoms with van der Waals surface area (Å²) in [7, 11) is -3.23. The summed E-state index contributed by atoms with van der Waals surface area (Å²) in [5, 5.41) is 15.2. The summed E-state index contributed by atoms with van der Waals surface area (Å²) in [5.41, 5.74) is 3.68.